The van der Waals surface area contributed by atoms with E-state index in [9.17, 15) is 4.79 Å². The molecule has 5 nitrogen and oxygen atoms in total. The average molecular weight is 252 g/mol. The van der Waals surface area contributed by atoms with Crippen LogP contribution in [0.2, 0.25) is 0 Å². The van der Waals surface area contributed by atoms with Gasteiger partial charge in [-0.05, 0) is 5.56 Å². The van der Waals surface area contributed by atoms with Crippen molar-refractivity contribution in [2.75, 3.05) is 13.2 Å². The van der Waals surface area contributed by atoms with Gasteiger partial charge in [0.15, 0.2) is 6.29 Å². The first-order chi connectivity index (χ1) is 8.74. The van der Waals surface area contributed by atoms with E-state index < -0.39 is 12.6 Å². The second kappa shape index (κ2) is 6.49. The molecule has 0 amide bonds. The van der Waals surface area contributed by atoms with Crippen molar-refractivity contribution < 1.29 is 23.7 Å². The van der Waals surface area contributed by atoms with Crippen LogP contribution in [0.1, 0.15) is 12.5 Å². The summed E-state index contributed by atoms with van der Waals surface area (Å²) < 4.78 is 20.9. The van der Waals surface area contributed by atoms with E-state index in [1.807, 2.05) is 30.3 Å². The molecule has 1 aliphatic rings. The van der Waals surface area contributed by atoms with Crippen LogP contribution >= 0.6 is 0 Å². The second-order valence-corrected chi connectivity index (χ2v) is 3.94. The maximum Gasteiger partial charge on any atom is 0.305 e. The summed E-state index contributed by atoms with van der Waals surface area (Å²) in [7, 11) is 0. The molecule has 0 N–H and O–H groups in total. The summed E-state index contributed by atoms with van der Waals surface area (Å²) in [5, 5.41) is 0. The van der Waals surface area contributed by atoms with E-state index in [1.54, 1.807) is 0 Å². The summed E-state index contributed by atoms with van der Waals surface area (Å²) >= 11 is 0. The van der Waals surface area contributed by atoms with Crippen molar-refractivity contribution in [3.8, 4) is 0 Å². The number of benzene rings is 1. The Kier molecular flexibility index (Phi) is 4.69. The lowest BCUT2D eigenvalue weighted by molar-refractivity contribution is -0.180. The molecule has 2 atom stereocenters. The van der Waals surface area contributed by atoms with Crippen molar-refractivity contribution >= 4 is 5.97 Å². The number of rotatable bonds is 5. The molecule has 1 heterocycles. The lowest BCUT2D eigenvalue weighted by Crippen LogP contribution is -2.21. The van der Waals surface area contributed by atoms with Crippen molar-refractivity contribution in [1.29, 1.82) is 0 Å². The summed E-state index contributed by atoms with van der Waals surface area (Å²) in [6.07, 6.45) is -1.09. The third-order valence-electron chi connectivity index (χ3n) is 2.38. The first-order valence-electron chi connectivity index (χ1n) is 5.80. The Labute approximate surface area is 106 Å². The molecular weight excluding hydrogens is 236 g/mol. The zero-order chi connectivity index (χ0) is 12.8. The van der Waals surface area contributed by atoms with E-state index in [4.69, 9.17) is 18.9 Å². The highest BCUT2D eigenvalue weighted by molar-refractivity contribution is 5.66. The molecule has 0 unspecified atom stereocenters. The van der Waals surface area contributed by atoms with Gasteiger partial charge in [0.1, 0.15) is 6.61 Å². The highest BCUT2D eigenvalue weighted by Crippen LogP contribution is 2.13. The zero-order valence-electron chi connectivity index (χ0n) is 10.2. The lowest BCUT2D eigenvalue weighted by Gasteiger charge is -2.11. The van der Waals surface area contributed by atoms with E-state index in [-0.39, 0.29) is 12.6 Å². The lowest BCUT2D eigenvalue weighted by atomic mass is 10.2. The van der Waals surface area contributed by atoms with E-state index in [0.29, 0.717) is 13.2 Å². The van der Waals surface area contributed by atoms with Gasteiger partial charge in [-0.25, -0.2) is 0 Å². The molecule has 2 rings (SSSR count). The third-order valence-corrected chi connectivity index (χ3v) is 2.38. The van der Waals surface area contributed by atoms with Gasteiger partial charge in [0.2, 0.25) is 6.29 Å². The first kappa shape index (κ1) is 13.0. The van der Waals surface area contributed by atoms with Crippen LogP contribution in [0, 0.1) is 0 Å². The van der Waals surface area contributed by atoms with Crippen LogP contribution in [0.3, 0.4) is 0 Å². The fourth-order valence-electron chi connectivity index (χ4n) is 1.62. The summed E-state index contributed by atoms with van der Waals surface area (Å²) in [6, 6.07) is 9.84. The van der Waals surface area contributed by atoms with Crippen molar-refractivity contribution in [2.45, 2.75) is 26.1 Å². The molecule has 0 aromatic heterocycles. The third kappa shape index (κ3) is 4.10. The Hall–Kier alpha value is -1.43. The second-order valence-electron chi connectivity index (χ2n) is 3.94. The fraction of sp³-hybridized carbons (Fsp3) is 0.462. The van der Waals surface area contributed by atoms with Crippen LogP contribution in [0.5, 0.6) is 0 Å². The Bertz CT molecular complexity index is 378. The molecule has 1 aromatic carbocycles. The van der Waals surface area contributed by atoms with Crippen LogP contribution in [0.25, 0.3) is 0 Å². The molecule has 0 saturated carbocycles. The first-order valence-corrected chi connectivity index (χ1v) is 5.80. The number of esters is 1. The predicted octanol–water partition coefficient (Wildman–Crippen LogP) is 1.47. The number of carbonyl (C=O) groups is 1. The normalized spacial score (nSPS) is 22.9. The van der Waals surface area contributed by atoms with Gasteiger partial charge in [-0.3, -0.25) is 4.79 Å². The quantitative estimate of drug-likeness (QED) is 0.743. The Morgan fingerprint density at radius 1 is 1.39 bits per heavy atom. The SMILES string of the molecule is CC(=O)O[C@@H]1CO[C@@H](COCc2ccccc2)O1. The summed E-state index contributed by atoms with van der Waals surface area (Å²) in [6.45, 7) is 2.40. The van der Waals surface area contributed by atoms with Gasteiger partial charge in [0.05, 0.1) is 13.2 Å². The standard InChI is InChI=1S/C13H16O5/c1-10(14)17-13-9-16-12(18-13)8-15-7-11-5-3-2-4-6-11/h2-6,12-13H,7-9H2,1H3/t12-,13+/m1/s1. The van der Waals surface area contributed by atoms with Gasteiger partial charge in [0, 0.05) is 6.92 Å². The monoisotopic (exact) mass is 252 g/mol. The van der Waals surface area contributed by atoms with Crippen LogP contribution in [0.4, 0.5) is 0 Å². The fourth-order valence-corrected chi connectivity index (χ4v) is 1.62. The maximum atomic E-state index is 10.7. The van der Waals surface area contributed by atoms with Crippen LogP contribution < -0.4 is 0 Å². The minimum atomic E-state index is -0.618. The predicted molar refractivity (Wildman–Crippen MR) is 62.5 cm³/mol. The number of hydrogen-bond acceptors (Lipinski definition) is 5. The molecule has 98 valence electrons. The molecule has 1 aliphatic heterocycles. The Morgan fingerprint density at radius 3 is 2.89 bits per heavy atom. The highest BCUT2D eigenvalue weighted by Gasteiger charge is 2.28. The number of hydrogen-bond donors (Lipinski definition) is 0. The molecule has 1 saturated heterocycles. The molecule has 0 aliphatic carbocycles. The Morgan fingerprint density at radius 2 is 2.17 bits per heavy atom. The molecule has 1 aromatic rings. The van der Waals surface area contributed by atoms with Crippen LogP contribution in [-0.2, 0) is 30.3 Å². The molecule has 0 spiro atoms. The zero-order valence-corrected chi connectivity index (χ0v) is 10.2. The summed E-state index contributed by atoms with van der Waals surface area (Å²) in [5.74, 6) is -0.380. The van der Waals surface area contributed by atoms with Gasteiger partial charge < -0.3 is 18.9 Å². The molecule has 0 bridgehead atoms. The molecule has 0 radical (unpaired) electrons. The van der Waals surface area contributed by atoms with Gasteiger partial charge >= 0.3 is 5.97 Å². The smallest absolute Gasteiger partial charge is 0.305 e. The van der Waals surface area contributed by atoms with Gasteiger partial charge in [-0.2, -0.15) is 0 Å². The summed E-state index contributed by atoms with van der Waals surface area (Å²) in [4.78, 5) is 10.7. The van der Waals surface area contributed by atoms with Crippen molar-refractivity contribution in [3.05, 3.63) is 35.9 Å². The van der Waals surface area contributed by atoms with Gasteiger partial charge in [0.25, 0.3) is 0 Å². The molecule has 1 fully saturated rings. The van der Waals surface area contributed by atoms with Crippen molar-refractivity contribution in [2.24, 2.45) is 0 Å². The maximum absolute atomic E-state index is 10.7. The summed E-state index contributed by atoms with van der Waals surface area (Å²) in [5.41, 5.74) is 1.09. The molecule has 5 heteroatoms. The van der Waals surface area contributed by atoms with Crippen molar-refractivity contribution in [1.82, 2.24) is 0 Å². The van der Waals surface area contributed by atoms with Gasteiger partial charge in [-0.1, -0.05) is 30.3 Å². The van der Waals surface area contributed by atoms with E-state index in [2.05, 4.69) is 0 Å². The number of carbonyl (C=O) groups excluding carboxylic acids is 1. The molecular formula is C13H16O5. The number of ether oxygens (including phenoxy) is 4. The molecule has 18 heavy (non-hydrogen) atoms. The largest absolute Gasteiger partial charge is 0.433 e. The van der Waals surface area contributed by atoms with Crippen LogP contribution in [-0.4, -0.2) is 31.8 Å². The van der Waals surface area contributed by atoms with E-state index >= 15 is 0 Å². The van der Waals surface area contributed by atoms with Crippen molar-refractivity contribution in [3.63, 3.8) is 0 Å². The topological polar surface area (TPSA) is 54.0 Å². The van der Waals surface area contributed by atoms with E-state index in [1.165, 1.54) is 6.92 Å². The highest BCUT2D eigenvalue weighted by atomic mass is 16.8. The minimum absolute atomic E-state index is 0.249. The van der Waals surface area contributed by atoms with E-state index in [0.717, 1.165) is 5.56 Å². The van der Waals surface area contributed by atoms with Gasteiger partial charge in [-0.15, -0.1) is 0 Å². The Balaban J connectivity index is 1.65. The van der Waals surface area contributed by atoms with Crippen LogP contribution in [0.15, 0.2) is 30.3 Å². The minimum Gasteiger partial charge on any atom is -0.433 e. The average Bonchev–Trinajstić information content (AvgIpc) is 2.77.